The average Bonchev–Trinajstić information content (AvgIpc) is 3.27. The molecule has 0 heterocycles. The monoisotopic (exact) mass is 998 g/mol. The molecule has 398 valence electrons. The second-order valence-electron chi connectivity index (χ2n) is 21.0. The minimum Gasteiger partial charge on any atom is -0.459 e. The maximum absolute atomic E-state index is 14.0. The highest BCUT2D eigenvalue weighted by molar-refractivity contribution is 5.71. The van der Waals surface area contributed by atoms with Crippen molar-refractivity contribution in [2.24, 2.45) is 5.92 Å². The molecule has 4 unspecified atom stereocenters. The molecule has 17 heteroatoms. The van der Waals surface area contributed by atoms with E-state index in [2.05, 4.69) is 16.0 Å². The molecular formula is C54H83N3O14. The molecule has 1 aliphatic rings. The second-order valence-corrected chi connectivity index (χ2v) is 21.0. The fraction of sp³-hybridized carbons (Fsp3) is 0.667. The van der Waals surface area contributed by atoms with Gasteiger partial charge in [-0.05, 0) is 112 Å². The van der Waals surface area contributed by atoms with Gasteiger partial charge in [-0.15, -0.1) is 0 Å². The molecule has 0 aromatic heterocycles. The summed E-state index contributed by atoms with van der Waals surface area (Å²) in [7, 11) is 0. The average molecular weight is 998 g/mol. The predicted molar refractivity (Wildman–Crippen MR) is 267 cm³/mol. The number of benzene rings is 2. The van der Waals surface area contributed by atoms with E-state index in [0.29, 0.717) is 77.4 Å². The fourth-order valence-electron chi connectivity index (χ4n) is 7.60. The van der Waals surface area contributed by atoms with Crippen molar-refractivity contribution in [1.82, 2.24) is 16.0 Å². The molecular weight excluding hydrogens is 915 g/mol. The Morgan fingerprint density at radius 2 is 0.704 bits per heavy atom. The van der Waals surface area contributed by atoms with E-state index in [-0.39, 0.29) is 32.5 Å². The van der Waals surface area contributed by atoms with Crippen LogP contribution >= 0.6 is 0 Å². The highest BCUT2D eigenvalue weighted by atomic mass is 16.6. The van der Waals surface area contributed by atoms with Gasteiger partial charge in [0.25, 0.3) is 0 Å². The van der Waals surface area contributed by atoms with E-state index in [1.165, 1.54) is 0 Å². The number of nitrogens with one attached hydrogen (secondary N) is 3. The lowest BCUT2D eigenvalue weighted by Gasteiger charge is -2.48. The molecule has 3 amide bonds. The molecule has 2 aromatic rings. The Morgan fingerprint density at radius 3 is 1.00 bits per heavy atom. The first kappa shape index (κ1) is 59.9. The number of alkyl carbamates (subject to hydrolysis) is 3. The van der Waals surface area contributed by atoms with Crippen molar-refractivity contribution in [3.8, 4) is 0 Å². The Labute approximate surface area is 421 Å². The summed E-state index contributed by atoms with van der Waals surface area (Å²) in [5, 5.41) is 8.20. The number of ether oxygens (including phenoxy) is 8. The smallest absolute Gasteiger partial charge is 0.407 e. The van der Waals surface area contributed by atoms with Crippen molar-refractivity contribution in [2.45, 2.75) is 207 Å². The Balaban J connectivity index is 1.87. The zero-order valence-corrected chi connectivity index (χ0v) is 44.0. The van der Waals surface area contributed by atoms with Crippen LogP contribution in [-0.2, 0) is 65.5 Å². The van der Waals surface area contributed by atoms with Gasteiger partial charge in [0.15, 0.2) is 6.10 Å². The maximum Gasteiger partial charge on any atom is 0.407 e. The molecule has 17 nitrogen and oxygen atoms in total. The van der Waals surface area contributed by atoms with Crippen molar-refractivity contribution >= 4 is 36.2 Å². The highest BCUT2D eigenvalue weighted by Gasteiger charge is 2.56. The summed E-state index contributed by atoms with van der Waals surface area (Å²) >= 11 is 0. The number of amides is 3. The SMILES string of the molecule is CC1C(OC(=O)CCCCCNC(=O)OC(C)(C)C)C(OCc2ccccc2)C(OC(=O)CCCCCNC(=O)OC(C)(C)C)C(OCc2ccccc2)C1OC(=O)CCCCCNC(=O)OC(C)(C)C. The van der Waals surface area contributed by atoms with Crippen molar-refractivity contribution in [3.05, 3.63) is 71.8 Å². The van der Waals surface area contributed by atoms with Gasteiger partial charge in [-0.2, -0.15) is 0 Å². The van der Waals surface area contributed by atoms with Crippen LogP contribution in [0.1, 0.15) is 157 Å². The fourth-order valence-corrected chi connectivity index (χ4v) is 7.60. The lowest BCUT2D eigenvalue weighted by Crippen LogP contribution is -2.64. The van der Waals surface area contributed by atoms with Gasteiger partial charge >= 0.3 is 36.2 Å². The van der Waals surface area contributed by atoms with E-state index in [1.54, 1.807) is 62.3 Å². The first-order valence-corrected chi connectivity index (χ1v) is 25.3. The Hall–Kier alpha value is -5.42. The van der Waals surface area contributed by atoms with Crippen LogP contribution < -0.4 is 16.0 Å². The molecule has 71 heavy (non-hydrogen) atoms. The van der Waals surface area contributed by atoms with Gasteiger partial charge in [0, 0.05) is 44.8 Å². The zero-order chi connectivity index (χ0) is 52.5. The molecule has 2 aromatic carbocycles. The Kier molecular flexibility index (Phi) is 25.7. The van der Waals surface area contributed by atoms with E-state index < -0.39 is 89.4 Å². The van der Waals surface area contributed by atoms with E-state index in [4.69, 9.17) is 37.9 Å². The van der Waals surface area contributed by atoms with Crippen LogP contribution in [0.2, 0.25) is 0 Å². The quantitative estimate of drug-likeness (QED) is 0.0432. The first-order chi connectivity index (χ1) is 33.5. The van der Waals surface area contributed by atoms with Crippen LogP contribution in [0, 0.1) is 5.92 Å². The Morgan fingerprint density at radius 1 is 0.408 bits per heavy atom. The number of hydrogen-bond acceptors (Lipinski definition) is 14. The molecule has 1 saturated carbocycles. The third kappa shape index (κ3) is 26.0. The second kappa shape index (κ2) is 30.5. The van der Waals surface area contributed by atoms with Crippen molar-refractivity contribution in [1.29, 1.82) is 0 Å². The van der Waals surface area contributed by atoms with Gasteiger partial charge < -0.3 is 53.8 Å². The highest BCUT2D eigenvalue weighted by Crippen LogP contribution is 2.37. The van der Waals surface area contributed by atoms with Crippen LogP contribution in [0.15, 0.2) is 60.7 Å². The standard InChI is InChI=1S/C54H83N3O14/c1-38-44(66-41(58)30-20-13-23-33-55-49(61)69-52(2,3)4)46(64-36-39-26-16-11-17-27-39)48(68-43(60)32-22-15-25-35-57-51(63)71-54(8,9)10)47(65-37-40-28-18-12-19-29-40)45(38)67-42(59)31-21-14-24-34-56-50(62)70-53(5,6)7/h11-12,16-19,26-29,38,44-48H,13-15,20-25,30-37H2,1-10H3,(H,55,61)(H,56,62)(H,57,63). The summed E-state index contributed by atoms with van der Waals surface area (Å²) in [5.41, 5.74) is -0.221. The van der Waals surface area contributed by atoms with Crippen LogP contribution in [0.4, 0.5) is 14.4 Å². The van der Waals surface area contributed by atoms with Gasteiger partial charge in [0.05, 0.1) is 13.2 Å². The van der Waals surface area contributed by atoms with Crippen LogP contribution in [0.25, 0.3) is 0 Å². The molecule has 0 radical (unpaired) electrons. The molecule has 0 saturated heterocycles. The molecule has 0 spiro atoms. The molecule has 0 bridgehead atoms. The van der Waals surface area contributed by atoms with E-state index in [0.717, 1.165) is 11.1 Å². The molecule has 3 N–H and O–H groups in total. The summed E-state index contributed by atoms with van der Waals surface area (Å²) in [5.74, 6) is -2.29. The summed E-state index contributed by atoms with van der Waals surface area (Å²) in [6.07, 6.45) is -1.82. The topological polar surface area (TPSA) is 212 Å². The summed E-state index contributed by atoms with van der Waals surface area (Å²) < 4.78 is 48.2. The predicted octanol–water partition coefficient (Wildman–Crippen LogP) is 9.80. The minimum atomic E-state index is -1.20. The van der Waals surface area contributed by atoms with E-state index >= 15 is 0 Å². The Bertz CT molecular complexity index is 1800. The lowest BCUT2D eigenvalue weighted by molar-refractivity contribution is -0.252. The molecule has 1 aliphatic carbocycles. The van der Waals surface area contributed by atoms with Gasteiger partial charge in [-0.3, -0.25) is 14.4 Å². The van der Waals surface area contributed by atoms with E-state index in [1.807, 2.05) is 67.6 Å². The zero-order valence-electron chi connectivity index (χ0n) is 44.0. The van der Waals surface area contributed by atoms with Gasteiger partial charge in [0.1, 0.15) is 41.2 Å². The number of rotatable bonds is 27. The summed E-state index contributed by atoms with van der Waals surface area (Å²) in [6, 6.07) is 18.9. The molecule has 3 rings (SSSR count). The van der Waals surface area contributed by atoms with Crippen molar-refractivity contribution in [2.75, 3.05) is 19.6 Å². The van der Waals surface area contributed by atoms with Crippen molar-refractivity contribution < 1.29 is 66.7 Å². The molecule has 1 fully saturated rings. The van der Waals surface area contributed by atoms with E-state index in [9.17, 15) is 28.8 Å². The lowest BCUT2D eigenvalue weighted by atomic mass is 9.78. The number of carbonyl (C=O) groups is 6. The van der Waals surface area contributed by atoms with Crippen molar-refractivity contribution in [3.63, 3.8) is 0 Å². The largest absolute Gasteiger partial charge is 0.459 e. The number of esters is 3. The first-order valence-electron chi connectivity index (χ1n) is 25.3. The van der Waals surface area contributed by atoms with Gasteiger partial charge in [0.2, 0.25) is 0 Å². The third-order valence-corrected chi connectivity index (χ3v) is 10.9. The number of hydrogen-bond donors (Lipinski definition) is 3. The normalized spacial score (nSPS) is 19.1. The van der Waals surface area contributed by atoms with Crippen LogP contribution in [0.3, 0.4) is 0 Å². The summed E-state index contributed by atoms with van der Waals surface area (Å²) in [4.78, 5) is 78.0. The molecule has 4 atom stereocenters. The van der Waals surface area contributed by atoms with Gasteiger partial charge in [-0.25, -0.2) is 14.4 Å². The van der Waals surface area contributed by atoms with Crippen LogP contribution in [0.5, 0.6) is 0 Å². The number of carbonyl (C=O) groups excluding carboxylic acids is 6. The number of unbranched alkanes of at least 4 members (excludes halogenated alkanes) is 6. The van der Waals surface area contributed by atoms with Gasteiger partial charge in [-0.1, -0.05) is 86.8 Å². The minimum absolute atomic E-state index is 0.0236. The van der Waals surface area contributed by atoms with Crippen LogP contribution in [-0.4, -0.2) is 103 Å². The summed E-state index contributed by atoms with van der Waals surface area (Å²) in [6.45, 7) is 19.2. The third-order valence-electron chi connectivity index (χ3n) is 10.9. The maximum atomic E-state index is 14.0. The molecule has 0 aliphatic heterocycles.